The number of nitrogens with zero attached hydrogens (tertiary/aromatic N) is 1. The lowest BCUT2D eigenvalue weighted by Gasteiger charge is -2.27. The number of carbonyl (C=O) groups is 2. The van der Waals surface area contributed by atoms with E-state index in [1.54, 1.807) is 0 Å². The first-order valence-corrected chi connectivity index (χ1v) is 7.60. The van der Waals surface area contributed by atoms with E-state index in [1.807, 2.05) is 30.3 Å². The van der Waals surface area contributed by atoms with E-state index in [0.29, 0.717) is 19.8 Å². The highest BCUT2D eigenvalue weighted by Crippen LogP contribution is 2.31. The van der Waals surface area contributed by atoms with Crippen molar-refractivity contribution in [2.24, 2.45) is 0 Å². The molecule has 1 unspecified atom stereocenters. The normalized spacial score (nSPS) is 22.3. The second-order valence-corrected chi connectivity index (χ2v) is 5.68. The van der Waals surface area contributed by atoms with Gasteiger partial charge in [0.25, 0.3) is 0 Å². The molecule has 2 saturated heterocycles. The molecule has 0 aromatic heterocycles. The Morgan fingerprint density at radius 2 is 2.00 bits per heavy atom. The third kappa shape index (κ3) is 3.46. The van der Waals surface area contributed by atoms with Crippen LogP contribution >= 0.6 is 0 Å². The highest BCUT2D eigenvalue weighted by Gasteiger charge is 2.53. The molecule has 124 valence electrons. The van der Waals surface area contributed by atoms with Gasteiger partial charge in [-0.15, -0.1) is 0 Å². The molecule has 0 bridgehead atoms. The largest absolute Gasteiger partial charge is 0.445 e. The summed E-state index contributed by atoms with van der Waals surface area (Å²) in [7, 11) is 0. The van der Waals surface area contributed by atoms with E-state index < -0.39 is 17.9 Å². The van der Waals surface area contributed by atoms with Crippen LogP contribution in [0.5, 0.6) is 0 Å². The molecule has 7 nitrogen and oxygen atoms in total. The number of carbonyl (C=O) groups excluding carboxylic acids is 2. The van der Waals surface area contributed by atoms with Crippen molar-refractivity contribution in [2.75, 3.05) is 26.3 Å². The number of nitrogens with one attached hydrogen (secondary N) is 1. The van der Waals surface area contributed by atoms with Crippen LogP contribution in [0, 0.1) is 0 Å². The molecule has 0 aliphatic carbocycles. The van der Waals surface area contributed by atoms with Gasteiger partial charge in [0.05, 0.1) is 19.8 Å². The Hall–Kier alpha value is -2.12. The molecule has 1 aromatic carbocycles. The third-order valence-corrected chi connectivity index (χ3v) is 3.96. The van der Waals surface area contributed by atoms with Crippen LogP contribution in [0.3, 0.4) is 0 Å². The summed E-state index contributed by atoms with van der Waals surface area (Å²) < 4.78 is 16.7. The van der Waals surface area contributed by atoms with E-state index in [0.717, 1.165) is 5.56 Å². The van der Waals surface area contributed by atoms with E-state index in [2.05, 4.69) is 5.32 Å². The van der Waals surface area contributed by atoms with E-state index in [1.165, 1.54) is 11.8 Å². The van der Waals surface area contributed by atoms with Crippen molar-refractivity contribution < 1.29 is 23.8 Å². The van der Waals surface area contributed by atoms with Crippen molar-refractivity contribution in [2.45, 2.75) is 25.4 Å². The first kappa shape index (κ1) is 15.8. The predicted octanol–water partition coefficient (Wildman–Crippen LogP) is 0.887. The summed E-state index contributed by atoms with van der Waals surface area (Å²) in [5, 5.41) is 2.79. The predicted molar refractivity (Wildman–Crippen MR) is 80.4 cm³/mol. The molecule has 1 N–H and O–H groups in total. The maximum Gasteiger partial charge on any atom is 0.410 e. The first-order chi connectivity index (χ1) is 11.1. The fourth-order valence-electron chi connectivity index (χ4n) is 2.91. The number of likely N-dealkylation sites (tertiary alicyclic amines) is 1. The van der Waals surface area contributed by atoms with Crippen LogP contribution in [0.15, 0.2) is 30.3 Å². The number of amides is 2. The maximum atomic E-state index is 12.3. The van der Waals surface area contributed by atoms with Gasteiger partial charge in [0.2, 0.25) is 11.7 Å². The highest BCUT2D eigenvalue weighted by molar-refractivity contribution is 5.74. The van der Waals surface area contributed by atoms with Gasteiger partial charge in [-0.25, -0.2) is 4.79 Å². The van der Waals surface area contributed by atoms with Crippen LogP contribution in [-0.2, 0) is 25.6 Å². The molecule has 1 aromatic rings. The SMILES string of the molecule is CC(=O)NC1CN(C(=O)OCc2ccccc2)CC12OCCO2. The van der Waals surface area contributed by atoms with Gasteiger partial charge in [0.15, 0.2) is 0 Å². The van der Waals surface area contributed by atoms with Crippen LogP contribution < -0.4 is 5.32 Å². The van der Waals surface area contributed by atoms with Crippen LogP contribution in [0.1, 0.15) is 12.5 Å². The minimum atomic E-state index is -0.961. The minimum absolute atomic E-state index is 0.187. The molecule has 1 atom stereocenters. The summed E-state index contributed by atoms with van der Waals surface area (Å²) in [4.78, 5) is 25.1. The number of benzene rings is 1. The molecular formula is C16H20N2O5. The molecule has 3 rings (SSSR count). The number of ether oxygens (including phenoxy) is 3. The van der Waals surface area contributed by atoms with Crippen LogP contribution in [-0.4, -0.2) is 55.0 Å². The lowest BCUT2D eigenvalue weighted by Crippen LogP contribution is -2.52. The summed E-state index contributed by atoms with van der Waals surface area (Å²) in [6.45, 7) is 3.07. The van der Waals surface area contributed by atoms with Gasteiger partial charge in [-0.1, -0.05) is 30.3 Å². The molecule has 2 aliphatic rings. The van der Waals surface area contributed by atoms with Crippen molar-refractivity contribution in [3.8, 4) is 0 Å². The molecular weight excluding hydrogens is 300 g/mol. The Bertz CT molecular complexity index is 571. The molecule has 0 radical (unpaired) electrons. The fourth-order valence-corrected chi connectivity index (χ4v) is 2.91. The van der Waals surface area contributed by atoms with Gasteiger partial charge in [0, 0.05) is 13.5 Å². The Labute approximate surface area is 134 Å². The van der Waals surface area contributed by atoms with Gasteiger partial charge in [0.1, 0.15) is 12.6 Å². The van der Waals surface area contributed by atoms with Crippen LogP contribution in [0.4, 0.5) is 4.79 Å². The van der Waals surface area contributed by atoms with Crippen LogP contribution in [0.2, 0.25) is 0 Å². The summed E-state index contributed by atoms with van der Waals surface area (Å²) in [5.74, 6) is -1.15. The van der Waals surface area contributed by atoms with Gasteiger partial charge < -0.3 is 24.4 Å². The summed E-state index contributed by atoms with van der Waals surface area (Å²) in [6, 6.07) is 9.07. The van der Waals surface area contributed by atoms with E-state index >= 15 is 0 Å². The average Bonchev–Trinajstić information content (AvgIpc) is 3.14. The smallest absolute Gasteiger partial charge is 0.410 e. The van der Waals surface area contributed by atoms with Gasteiger partial charge in [-0.2, -0.15) is 0 Å². The lowest BCUT2D eigenvalue weighted by molar-refractivity contribution is -0.162. The molecule has 1 spiro atoms. The van der Waals surface area contributed by atoms with Crippen LogP contribution in [0.25, 0.3) is 0 Å². The minimum Gasteiger partial charge on any atom is -0.445 e. The topological polar surface area (TPSA) is 77.1 Å². The van der Waals surface area contributed by atoms with E-state index in [9.17, 15) is 9.59 Å². The van der Waals surface area contributed by atoms with Crippen molar-refractivity contribution in [3.05, 3.63) is 35.9 Å². The monoisotopic (exact) mass is 320 g/mol. The third-order valence-electron chi connectivity index (χ3n) is 3.96. The second kappa shape index (κ2) is 6.55. The molecule has 23 heavy (non-hydrogen) atoms. The number of rotatable bonds is 3. The van der Waals surface area contributed by atoms with Gasteiger partial charge in [-0.3, -0.25) is 4.79 Å². The van der Waals surface area contributed by atoms with Gasteiger partial charge in [-0.05, 0) is 5.56 Å². The van der Waals surface area contributed by atoms with E-state index in [4.69, 9.17) is 14.2 Å². The summed E-state index contributed by atoms with van der Waals surface area (Å²) in [6.07, 6.45) is -0.444. The molecule has 7 heteroatoms. The lowest BCUT2D eigenvalue weighted by atomic mass is 10.1. The summed E-state index contributed by atoms with van der Waals surface area (Å²) in [5.41, 5.74) is 0.918. The molecule has 2 fully saturated rings. The first-order valence-electron chi connectivity index (χ1n) is 7.60. The number of hydrogen-bond acceptors (Lipinski definition) is 5. The Kier molecular flexibility index (Phi) is 4.49. The molecule has 2 amide bonds. The zero-order chi connectivity index (χ0) is 16.3. The Morgan fingerprint density at radius 3 is 2.65 bits per heavy atom. The molecule has 0 saturated carbocycles. The highest BCUT2D eigenvalue weighted by atomic mass is 16.7. The Morgan fingerprint density at radius 1 is 1.30 bits per heavy atom. The zero-order valence-electron chi connectivity index (χ0n) is 13.0. The fraction of sp³-hybridized carbons (Fsp3) is 0.500. The maximum absolute atomic E-state index is 12.3. The molecule has 2 aliphatic heterocycles. The van der Waals surface area contributed by atoms with Crippen molar-refractivity contribution in [1.82, 2.24) is 10.2 Å². The second-order valence-electron chi connectivity index (χ2n) is 5.68. The van der Waals surface area contributed by atoms with E-state index in [-0.39, 0.29) is 19.1 Å². The summed E-state index contributed by atoms with van der Waals surface area (Å²) >= 11 is 0. The van der Waals surface area contributed by atoms with Crippen molar-refractivity contribution in [3.63, 3.8) is 0 Å². The average molecular weight is 320 g/mol. The Balaban J connectivity index is 1.61. The van der Waals surface area contributed by atoms with Crippen molar-refractivity contribution >= 4 is 12.0 Å². The van der Waals surface area contributed by atoms with Crippen molar-refractivity contribution in [1.29, 1.82) is 0 Å². The standard InChI is InChI=1S/C16H20N2O5/c1-12(19)17-14-9-18(11-16(14)22-7-8-23-16)15(20)21-10-13-5-3-2-4-6-13/h2-6,14H,7-11H2,1H3,(H,17,19). The van der Waals surface area contributed by atoms with Gasteiger partial charge >= 0.3 is 6.09 Å². The molecule has 2 heterocycles. The zero-order valence-corrected chi connectivity index (χ0v) is 13.0. The number of hydrogen-bond donors (Lipinski definition) is 1. The quantitative estimate of drug-likeness (QED) is 0.895.